The fourth-order valence-electron chi connectivity index (χ4n) is 3.14. The van der Waals surface area contributed by atoms with Crippen LogP contribution in [-0.4, -0.2) is 27.7 Å². The third-order valence-corrected chi connectivity index (χ3v) is 5.49. The zero-order chi connectivity index (χ0) is 18.3. The summed E-state index contributed by atoms with van der Waals surface area (Å²) in [4.78, 5) is 23.9. The van der Waals surface area contributed by atoms with Crippen LogP contribution in [0.5, 0.6) is 0 Å². The second-order valence-corrected chi connectivity index (χ2v) is 7.76. The molecule has 0 radical (unpaired) electrons. The summed E-state index contributed by atoms with van der Waals surface area (Å²) >= 11 is 13.7. The van der Waals surface area contributed by atoms with Crippen molar-refractivity contribution in [2.45, 2.75) is 24.7 Å². The van der Waals surface area contributed by atoms with E-state index in [1.54, 1.807) is 12.1 Å². The van der Waals surface area contributed by atoms with Gasteiger partial charge < -0.3 is 4.42 Å². The molecule has 1 aliphatic rings. The Labute approximate surface area is 164 Å². The standard InChI is InChI=1S/C18H15Cl2N3O2S/c1-26-18-21-6-10-7-23(3-2-15(10)22-18)8-11-9-25-17-13(16(11)24)4-12(19)5-14(17)20/h4-6,9H,2-3,7-8H2,1H3. The quantitative estimate of drug-likeness (QED) is 0.479. The molecule has 3 aromatic rings. The zero-order valence-corrected chi connectivity index (χ0v) is 16.3. The number of nitrogens with zero attached hydrogens (tertiary/aromatic N) is 3. The average Bonchev–Trinajstić information content (AvgIpc) is 2.64. The van der Waals surface area contributed by atoms with Crippen molar-refractivity contribution in [2.24, 2.45) is 0 Å². The molecule has 2 aromatic heterocycles. The summed E-state index contributed by atoms with van der Waals surface area (Å²) in [6.07, 6.45) is 6.17. The van der Waals surface area contributed by atoms with E-state index in [2.05, 4.69) is 14.9 Å². The van der Waals surface area contributed by atoms with Crippen LogP contribution in [0.25, 0.3) is 11.0 Å². The largest absolute Gasteiger partial charge is 0.462 e. The Balaban J connectivity index is 1.62. The maximum atomic E-state index is 12.8. The minimum Gasteiger partial charge on any atom is -0.462 e. The van der Waals surface area contributed by atoms with E-state index in [1.807, 2.05) is 12.5 Å². The molecule has 0 amide bonds. The minimum atomic E-state index is -0.101. The SMILES string of the molecule is CSc1ncc2c(n1)CCN(Cc1coc3c(Cl)cc(Cl)cc3c1=O)C2. The number of aromatic nitrogens is 2. The highest BCUT2D eigenvalue weighted by molar-refractivity contribution is 7.98. The monoisotopic (exact) mass is 407 g/mol. The van der Waals surface area contributed by atoms with E-state index in [0.717, 1.165) is 29.4 Å². The molecule has 3 heterocycles. The Morgan fingerprint density at radius 2 is 2.19 bits per heavy atom. The molecule has 0 atom stereocenters. The van der Waals surface area contributed by atoms with Gasteiger partial charge in [0.25, 0.3) is 0 Å². The molecule has 1 aromatic carbocycles. The summed E-state index contributed by atoms with van der Waals surface area (Å²) < 4.78 is 5.61. The van der Waals surface area contributed by atoms with Gasteiger partial charge in [-0.05, 0) is 18.4 Å². The third kappa shape index (κ3) is 3.34. The van der Waals surface area contributed by atoms with Crippen LogP contribution in [0, 0.1) is 0 Å². The van der Waals surface area contributed by atoms with Gasteiger partial charge >= 0.3 is 0 Å². The Morgan fingerprint density at radius 1 is 1.35 bits per heavy atom. The van der Waals surface area contributed by atoms with Crippen molar-refractivity contribution < 1.29 is 4.42 Å². The number of rotatable bonds is 3. The zero-order valence-electron chi connectivity index (χ0n) is 14.0. The van der Waals surface area contributed by atoms with Crippen molar-refractivity contribution in [1.82, 2.24) is 14.9 Å². The molecule has 0 bridgehead atoms. The summed E-state index contributed by atoms with van der Waals surface area (Å²) in [5.74, 6) is 0. The maximum absolute atomic E-state index is 12.8. The molecule has 0 spiro atoms. The summed E-state index contributed by atoms with van der Waals surface area (Å²) in [6.45, 7) is 2.02. The smallest absolute Gasteiger partial charge is 0.197 e. The van der Waals surface area contributed by atoms with Gasteiger partial charge in [-0.2, -0.15) is 0 Å². The van der Waals surface area contributed by atoms with Crippen LogP contribution in [0.4, 0.5) is 0 Å². The first kappa shape index (κ1) is 17.8. The molecule has 0 unspecified atom stereocenters. The predicted octanol–water partition coefficient (Wildman–Crippen LogP) is 4.17. The van der Waals surface area contributed by atoms with E-state index in [1.165, 1.54) is 18.0 Å². The maximum Gasteiger partial charge on any atom is 0.197 e. The molecule has 4 rings (SSSR count). The molecule has 0 saturated carbocycles. The highest BCUT2D eigenvalue weighted by atomic mass is 35.5. The fraction of sp³-hybridized carbons (Fsp3) is 0.278. The molecule has 0 aliphatic carbocycles. The van der Waals surface area contributed by atoms with Crippen LogP contribution in [-0.2, 0) is 19.5 Å². The van der Waals surface area contributed by atoms with E-state index >= 15 is 0 Å². The lowest BCUT2D eigenvalue weighted by molar-refractivity contribution is 0.240. The van der Waals surface area contributed by atoms with Crippen molar-refractivity contribution in [1.29, 1.82) is 0 Å². The highest BCUT2D eigenvalue weighted by Crippen LogP contribution is 2.27. The van der Waals surface area contributed by atoms with Gasteiger partial charge in [-0.3, -0.25) is 9.69 Å². The molecule has 0 N–H and O–H groups in total. The summed E-state index contributed by atoms with van der Waals surface area (Å²) in [5, 5.41) is 1.96. The van der Waals surface area contributed by atoms with Crippen LogP contribution >= 0.6 is 35.0 Å². The van der Waals surface area contributed by atoms with Crippen LogP contribution in [0.1, 0.15) is 16.8 Å². The number of hydrogen-bond donors (Lipinski definition) is 0. The minimum absolute atomic E-state index is 0.101. The second kappa shape index (κ2) is 7.19. The number of halogens is 2. The van der Waals surface area contributed by atoms with Crippen LogP contribution < -0.4 is 5.43 Å². The van der Waals surface area contributed by atoms with Gasteiger partial charge in [-0.1, -0.05) is 35.0 Å². The summed E-state index contributed by atoms with van der Waals surface area (Å²) in [7, 11) is 0. The molecule has 5 nitrogen and oxygen atoms in total. The van der Waals surface area contributed by atoms with Crippen LogP contribution in [0.15, 0.2) is 39.0 Å². The van der Waals surface area contributed by atoms with Gasteiger partial charge in [0, 0.05) is 48.4 Å². The first-order valence-corrected chi connectivity index (χ1v) is 10.0. The lowest BCUT2D eigenvalue weighted by Gasteiger charge is -2.27. The predicted molar refractivity (Wildman–Crippen MR) is 104 cm³/mol. The molecule has 26 heavy (non-hydrogen) atoms. The van der Waals surface area contributed by atoms with E-state index in [0.29, 0.717) is 39.7 Å². The Hall–Kier alpha value is -1.60. The topological polar surface area (TPSA) is 59.2 Å². The Bertz CT molecular complexity index is 1050. The van der Waals surface area contributed by atoms with Crippen LogP contribution in [0.3, 0.4) is 0 Å². The Morgan fingerprint density at radius 3 is 3.00 bits per heavy atom. The van der Waals surface area contributed by atoms with Gasteiger partial charge in [0.2, 0.25) is 0 Å². The highest BCUT2D eigenvalue weighted by Gasteiger charge is 2.20. The van der Waals surface area contributed by atoms with E-state index < -0.39 is 0 Å². The van der Waals surface area contributed by atoms with Crippen molar-refractivity contribution in [3.05, 3.63) is 61.7 Å². The number of hydrogen-bond acceptors (Lipinski definition) is 6. The van der Waals surface area contributed by atoms with Crippen molar-refractivity contribution in [2.75, 3.05) is 12.8 Å². The molecule has 134 valence electrons. The Kier molecular flexibility index (Phi) is 4.92. The van der Waals surface area contributed by atoms with Gasteiger partial charge in [-0.25, -0.2) is 9.97 Å². The van der Waals surface area contributed by atoms with Crippen molar-refractivity contribution >= 4 is 45.9 Å². The number of benzene rings is 1. The van der Waals surface area contributed by atoms with E-state index in [-0.39, 0.29) is 5.43 Å². The first-order chi connectivity index (χ1) is 12.5. The molecule has 8 heteroatoms. The van der Waals surface area contributed by atoms with Gasteiger partial charge in [-0.15, -0.1) is 0 Å². The van der Waals surface area contributed by atoms with Gasteiger partial charge in [0.1, 0.15) is 0 Å². The number of thioether (sulfide) groups is 1. The second-order valence-electron chi connectivity index (χ2n) is 6.14. The van der Waals surface area contributed by atoms with Crippen LogP contribution in [0.2, 0.25) is 10.0 Å². The average molecular weight is 408 g/mol. The molecular weight excluding hydrogens is 393 g/mol. The molecule has 1 aliphatic heterocycles. The normalized spacial score (nSPS) is 14.6. The fourth-order valence-corrected chi connectivity index (χ4v) is 4.04. The van der Waals surface area contributed by atoms with Crippen molar-refractivity contribution in [3.63, 3.8) is 0 Å². The molecule has 0 fully saturated rings. The van der Waals surface area contributed by atoms with Gasteiger partial charge in [0.15, 0.2) is 16.2 Å². The lowest BCUT2D eigenvalue weighted by Crippen LogP contribution is -2.32. The molecular formula is C18H15Cl2N3O2S. The summed E-state index contributed by atoms with van der Waals surface area (Å²) in [5.41, 5.74) is 3.04. The van der Waals surface area contributed by atoms with Gasteiger partial charge in [0.05, 0.1) is 22.4 Å². The first-order valence-electron chi connectivity index (χ1n) is 8.05. The van der Waals surface area contributed by atoms with E-state index in [4.69, 9.17) is 27.6 Å². The lowest BCUT2D eigenvalue weighted by atomic mass is 10.1. The third-order valence-electron chi connectivity index (χ3n) is 4.43. The molecule has 0 saturated heterocycles. The summed E-state index contributed by atoms with van der Waals surface area (Å²) in [6, 6.07) is 3.17. The number of fused-ring (bicyclic) bond motifs is 2. The van der Waals surface area contributed by atoms with Crippen molar-refractivity contribution in [3.8, 4) is 0 Å². The van der Waals surface area contributed by atoms with E-state index in [9.17, 15) is 4.79 Å².